The number of thiophene rings is 1. The van der Waals surface area contributed by atoms with E-state index in [9.17, 15) is 4.79 Å². The Kier molecular flexibility index (Phi) is 4.22. The molecule has 1 aromatic carbocycles. The molecule has 0 aliphatic carbocycles. The zero-order valence-corrected chi connectivity index (χ0v) is 11.5. The highest BCUT2D eigenvalue weighted by Gasteiger charge is 2.17. The maximum atomic E-state index is 12.1. The number of hydrogen-bond acceptors (Lipinski definition) is 3. The van der Waals surface area contributed by atoms with E-state index in [-0.39, 0.29) is 18.6 Å². The Balaban J connectivity index is 2.25. The summed E-state index contributed by atoms with van der Waals surface area (Å²) in [5.74, 6) is -0.179. The van der Waals surface area contributed by atoms with Crippen LogP contribution >= 0.6 is 22.9 Å². The van der Waals surface area contributed by atoms with E-state index in [1.165, 1.54) is 11.3 Å². The van der Waals surface area contributed by atoms with Gasteiger partial charge in [-0.05, 0) is 19.4 Å². The van der Waals surface area contributed by atoms with Gasteiger partial charge < -0.3 is 10.4 Å². The molecular formula is C13H14ClNO2S. The first-order valence-electron chi connectivity index (χ1n) is 5.72. The van der Waals surface area contributed by atoms with Gasteiger partial charge in [-0.25, -0.2) is 0 Å². The molecule has 5 heteroatoms. The summed E-state index contributed by atoms with van der Waals surface area (Å²) in [4.78, 5) is 12.6. The van der Waals surface area contributed by atoms with Crippen LogP contribution in [0.1, 0.15) is 23.0 Å². The zero-order valence-electron chi connectivity index (χ0n) is 9.94. The average molecular weight is 284 g/mol. The van der Waals surface area contributed by atoms with Crippen LogP contribution in [0.2, 0.25) is 5.02 Å². The molecule has 1 heterocycles. The van der Waals surface area contributed by atoms with Gasteiger partial charge in [0.25, 0.3) is 5.91 Å². The monoisotopic (exact) mass is 283 g/mol. The van der Waals surface area contributed by atoms with Crippen LogP contribution in [0.25, 0.3) is 10.1 Å². The number of rotatable bonds is 4. The molecule has 18 heavy (non-hydrogen) atoms. The number of hydrogen-bond donors (Lipinski definition) is 2. The number of aliphatic hydroxyl groups is 1. The fourth-order valence-corrected chi connectivity index (χ4v) is 3.14. The van der Waals surface area contributed by atoms with Gasteiger partial charge in [-0.15, -0.1) is 11.3 Å². The molecule has 0 radical (unpaired) electrons. The summed E-state index contributed by atoms with van der Waals surface area (Å²) in [7, 11) is 0. The molecule has 0 fully saturated rings. The van der Waals surface area contributed by atoms with E-state index in [0.717, 1.165) is 10.1 Å². The van der Waals surface area contributed by atoms with E-state index >= 15 is 0 Å². The first kappa shape index (κ1) is 13.3. The topological polar surface area (TPSA) is 49.3 Å². The summed E-state index contributed by atoms with van der Waals surface area (Å²) in [6.07, 6.45) is 0.536. The van der Waals surface area contributed by atoms with Crippen molar-refractivity contribution >= 4 is 38.9 Å². The van der Waals surface area contributed by atoms with E-state index in [0.29, 0.717) is 16.3 Å². The van der Waals surface area contributed by atoms with Gasteiger partial charge in [-0.1, -0.05) is 29.8 Å². The number of carbonyl (C=O) groups is 1. The summed E-state index contributed by atoms with van der Waals surface area (Å²) in [5.41, 5.74) is 0. The van der Waals surface area contributed by atoms with Gasteiger partial charge in [0.15, 0.2) is 0 Å². The molecule has 0 aliphatic rings. The molecule has 1 atom stereocenters. The maximum Gasteiger partial charge on any atom is 0.263 e. The number of amides is 1. The number of carbonyl (C=O) groups excluding carboxylic acids is 1. The van der Waals surface area contributed by atoms with Gasteiger partial charge in [0, 0.05) is 22.7 Å². The molecule has 0 saturated carbocycles. The number of fused-ring (bicyclic) bond motifs is 1. The molecule has 0 spiro atoms. The number of halogens is 1. The standard InChI is InChI=1S/C13H14ClNO2S/c1-8(6-7-16)15-13(17)12-11(14)9-4-2-3-5-10(9)18-12/h2-5,8,16H,6-7H2,1H3,(H,15,17)/t8-/m1/s1. The Bertz CT molecular complexity index is 567. The van der Waals surface area contributed by atoms with Crippen molar-refractivity contribution in [2.75, 3.05) is 6.61 Å². The van der Waals surface area contributed by atoms with Gasteiger partial charge in [0.2, 0.25) is 0 Å². The smallest absolute Gasteiger partial charge is 0.263 e. The molecule has 0 unspecified atom stereocenters. The van der Waals surface area contributed by atoms with Crippen molar-refractivity contribution in [1.82, 2.24) is 5.32 Å². The van der Waals surface area contributed by atoms with Gasteiger partial charge in [0.05, 0.1) is 5.02 Å². The van der Waals surface area contributed by atoms with Crippen LogP contribution in [-0.2, 0) is 0 Å². The predicted molar refractivity (Wildman–Crippen MR) is 75.5 cm³/mol. The third-order valence-electron chi connectivity index (χ3n) is 2.68. The van der Waals surface area contributed by atoms with Crippen molar-refractivity contribution in [2.45, 2.75) is 19.4 Å². The molecule has 2 N–H and O–H groups in total. The van der Waals surface area contributed by atoms with Crippen LogP contribution in [0.15, 0.2) is 24.3 Å². The van der Waals surface area contributed by atoms with Gasteiger partial charge in [-0.3, -0.25) is 4.79 Å². The SMILES string of the molecule is C[C@H](CCO)NC(=O)c1sc2ccccc2c1Cl. The van der Waals surface area contributed by atoms with Crippen LogP contribution in [0.5, 0.6) is 0 Å². The van der Waals surface area contributed by atoms with Crippen molar-refractivity contribution in [2.24, 2.45) is 0 Å². The molecule has 0 bridgehead atoms. The average Bonchev–Trinajstić information content (AvgIpc) is 2.68. The predicted octanol–water partition coefficient (Wildman–Crippen LogP) is 3.06. The Morgan fingerprint density at radius 1 is 1.50 bits per heavy atom. The van der Waals surface area contributed by atoms with E-state index in [1.807, 2.05) is 31.2 Å². The third-order valence-corrected chi connectivity index (χ3v) is 4.35. The molecule has 1 amide bonds. The lowest BCUT2D eigenvalue weighted by Crippen LogP contribution is -2.32. The van der Waals surface area contributed by atoms with E-state index in [2.05, 4.69) is 5.32 Å². The minimum atomic E-state index is -0.179. The highest BCUT2D eigenvalue weighted by molar-refractivity contribution is 7.21. The van der Waals surface area contributed by atoms with Crippen LogP contribution in [0.4, 0.5) is 0 Å². The lowest BCUT2D eigenvalue weighted by Gasteiger charge is -2.11. The highest BCUT2D eigenvalue weighted by atomic mass is 35.5. The van der Waals surface area contributed by atoms with Crippen molar-refractivity contribution in [1.29, 1.82) is 0 Å². The molecular weight excluding hydrogens is 270 g/mol. The van der Waals surface area contributed by atoms with Crippen LogP contribution in [0.3, 0.4) is 0 Å². The van der Waals surface area contributed by atoms with E-state index < -0.39 is 0 Å². The number of benzene rings is 1. The second-order valence-corrected chi connectivity index (χ2v) is 5.56. The third kappa shape index (κ3) is 2.66. The summed E-state index contributed by atoms with van der Waals surface area (Å²) in [6.45, 7) is 1.91. The van der Waals surface area contributed by atoms with Gasteiger partial charge in [0.1, 0.15) is 4.88 Å². The highest BCUT2D eigenvalue weighted by Crippen LogP contribution is 2.34. The maximum absolute atomic E-state index is 12.1. The Labute approximate surface area is 114 Å². The molecule has 0 saturated heterocycles. The summed E-state index contributed by atoms with van der Waals surface area (Å²) in [6, 6.07) is 7.60. The van der Waals surface area contributed by atoms with E-state index in [1.54, 1.807) is 0 Å². The van der Waals surface area contributed by atoms with Crippen molar-refractivity contribution in [3.63, 3.8) is 0 Å². The molecule has 3 nitrogen and oxygen atoms in total. The first-order valence-corrected chi connectivity index (χ1v) is 6.91. The van der Waals surface area contributed by atoms with Crippen LogP contribution < -0.4 is 5.32 Å². The fourth-order valence-electron chi connectivity index (χ4n) is 1.72. The van der Waals surface area contributed by atoms with Gasteiger partial charge in [-0.2, -0.15) is 0 Å². The quantitative estimate of drug-likeness (QED) is 0.906. The fraction of sp³-hybridized carbons (Fsp3) is 0.308. The molecule has 96 valence electrons. The van der Waals surface area contributed by atoms with Crippen molar-refractivity contribution in [3.05, 3.63) is 34.2 Å². The largest absolute Gasteiger partial charge is 0.396 e. The van der Waals surface area contributed by atoms with Crippen LogP contribution in [-0.4, -0.2) is 23.7 Å². The second kappa shape index (κ2) is 5.69. The molecule has 1 aromatic heterocycles. The molecule has 0 aliphatic heterocycles. The summed E-state index contributed by atoms with van der Waals surface area (Å²) >= 11 is 7.60. The Hall–Kier alpha value is -1.10. The Morgan fingerprint density at radius 3 is 2.89 bits per heavy atom. The van der Waals surface area contributed by atoms with Gasteiger partial charge >= 0.3 is 0 Å². The van der Waals surface area contributed by atoms with E-state index in [4.69, 9.17) is 16.7 Å². The number of aliphatic hydroxyl groups excluding tert-OH is 1. The number of nitrogens with one attached hydrogen (secondary N) is 1. The summed E-state index contributed by atoms with van der Waals surface area (Å²) < 4.78 is 1.00. The minimum absolute atomic E-state index is 0.0571. The van der Waals surface area contributed by atoms with Crippen molar-refractivity contribution < 1.29 is 9.90 Å². The minimum Gasteiger partial charge on any atom is -0.396 e. The van der Waals surface area contributed by atoms with Crippen molar-refractivity contribution in [3.8, 4) is 0 Å². The zero-order chi connectivity index (χ0) is 13.1. The summed E-state index contributed by atoms with van der Waals surface area (Å²) in [5, 5.41) is 13.1. The lowest BCUT2D eigenvalue weighted by atomic mass is 10.2. The first-order chi connectivity index (χ1) is 8.63. The van der Waals surface area contributed by atoms with Crippen LogP contribution in [0, 0.1) is 0 Å². The molecule has 2 aromatic rings. The Morgan fingerprint density at radius 2 is 2.22 bits per heavy atom. The molecule has 2 rings (SSSR count). The second-order valence-electron chi connectivity index (χ2n) is 4.13. The lowest BCUT2D eigenvalue weighted by molar-refractivity contribution is 0.0938. The normalized spacial score (nSPS) is 12.6.